The van der Waals surface area contributed by atoms with Crippen molar-refractivity contribution in [1.82, 2.24) is 9.78 Å². The van der Waals surface area contributed by atoms with Gasteiger partial charge in [0.1, 0.15) is 17.3 Å². The first-order valence-electron chi connectivity index (χ1n) is 5.32. The monoisotopic (exact) mass is 253 g/mol. The zero-order valence-corrected chi connectivity index (χ0v) is 10.4. The summed E-state index contributed by atoms with van der Waals surface area (Å²) in [7, 11) is 1.73. The first kappa shape index (κ1) is 11.9. The van der Waals surface area contributed by atoms with E-state index in [-0.39, 0.29) is 5.82 Å². The van der Waals surface area contributed by atoms with Gasteiger partial charge in [-0.15, -0.1) is 0 Å². The van der Waals surface area contributed by atoms with Crippen LogP contribution < -0.4 is 5.73 Å². The first-order chi connectivity index (χ1) is 8.06. The highest BCUT2D eigenvalue weighted by Gasteiger charge is 2.19. The van der Waals surface area contributed by atoms with Crippen LogP contribution in [0.4, 0.5) is 10.2 Å². The molecule has 0 aliphatic carbocycles. The second-order valence-electron chi connectivity index (χ2n) is 3.79. The molecule has 0 radical (unpaired) electrons. The van der Waals surface area contributed by atoms with Gasteiger partial charge in [0.05, 0.1) is 10.6 Å². The van der Waals surface area contributed by atoms with Gasteiger partial charge in [-0.2, -0.15) is 5.10 Å². The van der Waals surface area contributed by atoms with Crippen molar-refractivity contribution in [3.63, 3.8) is 0 Å². The van der Waals surface area contributed by atoms with Crippen molar-refractivity contribution < 1.29 is 4.39 Å². The summed E-state index contributed by atoms with van der Waals surface area (Å²) in [4.78, 5) is 0. The Kier molecular flexibility index (Phi) is 3.07. The molecule has 0 saturated carbocycles. The summed E-state index contributed by atoms with van der Waals surface area (Å²) in [5.74, 6) is 0.159. The largest absolute Gasteiger partial charge is 0.384 e. The number of anilines is 1. The number of benzene rings is 1. The van der Waals surface area contributed by atoms with Gasteiger partial charge in [-0.1, -0.05) is 24.6 Å². The molecule has 0 amide bonds. The second-order valence-corrected chi connectivity index (χ2v) is 4.19. The van der Waals surface area contributed by atoms with Gasteiger partial charge >= 0.3 is 0 Å². The van der Waals surface area contributed by atoms with Crippen LogP contribution in [-0.2, 0) is 13.5 Å². The minimum absolute atomic E-state index is 0.318. The predicted molar refractivity (Wildman–Crippen MR) is 67.4 cm³/mol. The molecule has 0 spiro atoms. The van der Waals surface area contributed by atoms with Crippen LogP contribution in [0, 0.1) is 5.82 Å². The summed E-state index contributed by atoms with van der Waals surface area (Å²) >= 11 is 6.02. The van der Waals surface area contributed by atoms with Crippen molar-refractivity contribution in [2.45, 2.75) is 13.3 Å². The molecule has 1 aromatic carbocycles. The molecule has 17 heavy (non-hydrogen) atoms. The molecule has 0 aliphatic heterocycles. The number of hydrogen-bond acceptors (Lipinski definition) is 2. The Labute approximate surface area is 104 Å². The van der Waals surface area contributed by atoms with Gasteiger partial charge in [0.15, 0.2) is 0 Å². The van der Waals surface area contributed by atoms with Gasteiger partial charge in [0, 0.05) is 12.6 Å². The number of aryl methyl sites for hydroxylation is 1. The highest BCUT2D eigenvalue weighted by Crippen LogP contribution is 2.34. The lowest BCUT2D eigenvalue weighted by Gasteiger charge is -2.04. The van der Waals surface area contributed by atoms with Gasteiger partial charge in [-0.05, 0) is 18.6 Å². The fraction of sp³-hybridized carbons (Fsp3) is 0.250. The maximum absolute atomic E-state index is 13.8. The summed E-state index contributed by atoms with van der Waals surface area (Å²) in [6.45, 7) is 1.95. The Morgan fingerprint density at radius 2 is 2.18 bits per heavy atom. The highest BCUT2D eigenvalue weighted by atomic mass is 35.5. The Bertz CT molecular complexity index is 543. The van der Waals surface area contributed by atoms with Gasteiger partial charge in [-0.25, -0.2) is 4.39 Å². The highest BCUT2D eigenvalue weighted by molar-refractivity contribution is 6.33. The van der Waals surface area contributed by atoms with E-state index in [9.17, 15) is 4.39 Å². The van der Waals surface area contributed by atoms with Gasteiger partial charge in [0.2, 0.25) is 0 Å². The summed E-state index contributed by atoms with van der Waals surface area (Å²) in [5, 5.41) is 4.59. The lowest BCUT2D eigenvalue weighted by atomic mass is 10.1. The number of nitrogen functional groups attached to an aromatic ring is 1. The van der Waals surface area contributed by atoms with E-state index in [4.69, 9.17) is 17.3 Å². The lowest BCUT2D eigenvalue weighted by Crippen LogP contribution is -1.98. The van der Waals surface area contributed by atoms with E-state index in [1.807, 2.05) is 6.92 Å². The van der Waals surface area contributed by atoms with Crippen LogP contribution in [0.15, 0.2) is 18.2 Å². The topological polar surface area (TPSA) is 43.8 Å². The Hall–Kier alpha value is -1.55. The molecule has 0 aliphatic rings. The molecule has 5 heteroatoms. The second kappa shape index (κ2) is 4.37. The summed E-state index contributed by atoms with van der Waals surface area (Å²) in [6, 6.07) is 4.58. The quantitative estimate of drug-likeness (QED) is 0.894. The van der Waals surface area contributed by atoms with Crippen LogP contribution in [0.5, 0.6) is 0 Å². The van der Waals surface area contributed by atoms with E-state index in [0.717, 1.165) is 5.56 Å². The molecular formula is C12H13ClFN3. The molecule has 0 unspecified atom stereocenters. The number of nitrogens with two attached hydrogens (primary N) is 1. The molecular weight excluding hydrogens is 241 g/mol. The molecule has 0 saturated heterocycles. The maximum Gasteiger partial charge on any atom is 0.134 e. The fourth-order valence-electron chi connectivity index (χ4n) is 1.85. The van der Waals surface area contributed by atoms with Crippen LogP contribution in [0.1, 0.15) is 12.5 Å². The fourth-order valence-corrected chi connectivity index (χ4v) is 2.11. The van der Waals surface area contributed by atoms with E-state index in [2.05, 4.69) is 5.10 Å². The number of nitrogens with zero attached hydrogens (tertiary/aromatic N) is 2. The summed E-state index contributed by atoms with van der Waals surface area (Å²) in [5.41, 5.74) is 7.55. The van der Waals surface area contributed by atoms with E-state index >= 15 is 0 Å². The SMILES string of the molecule is CCc1c(-c2c(F)cccc2Cl)nn(C)c1N. The molecule has 2 N–H and O–H groups in total. The zero-order chi connectivity index (χ0) is 12.6. The summed E-state index contributed by atoms with van der Waals surface area (Å²) < 4.78 is 15.4. The maximum atomic E-state index is 13.8. The number of hydrogen-bond donors (Lipinski definition) is 1. The zero-order valence-electron chi connectivity index (χ0n) is 9.67. The minimum Gasteiger partial charge on any atom is -0.384 e. The van der Waals surface area contributed by atoms with Crippen LogP contribution in [0.25, 0.3) is 11.3 Å². The molecule has 3 nitrogen and oxygen atoms in total. The van der Waals surface area contributed by atoms with Gasteiger partial charge in [0.25, 0.3) is 0 Å². The van der Waals surface area contributed by atoms with Crippen LogP contribution in [-0.4, -0.2) is 9.78 Å². The van der Waals surface area contributed by atoms with Gasteiger partial charge in [-0.3, -0.25) is 4.68 Å². The molecule has 0 fully saturated rings. The molecule has 0 bridgehead atoms. The number of rotatable bonds is 2. The normalized spacial score (nSPS) is 10.8. The average Bonchev–Trinajstić information content (AvgIpc) is 2.55. The van der Waals surface area contributed by atoms with Crippen molar-refractivity contribution in [3.8, 4) is 11.3 Å². The molecule has 2 rings (SSSR count). The third-order valence-corrected chi connectivity index (χ3v) is 3.06. The molecule has 1 heterocycles. The lowest BCUT2D eigenvalue weighted by molar-refractivity contribution is 0.630. The van der Waals surface area contributed by atoms with Crippen molar-refractivity contribution in [2.75, 3.05) is 5.73 Å². The molecule has 0 atom stereocenters. The van der Waals surface area contributed by atoms with Crippen molar-refractivity contribution in [2.24, 2.45) is 7.05 Å². The van der Waals surface area contributed by atoms with Crippen LogP contribution in [0.3, 0.4) is 0 Å². The standard InChI is InChI=1S/C12H13ClFN3/c1-3-7-11(16-17(2)12(7)15)10-8(13)5-4-6-9(10)14/h4-6H,3,15H2,1-2H3. The van der Waals surface area contributed by atoms with E-state index in [1.54, 1.807) is 19.2 Å². The third kappa shape index (κ3) is 1.89. The van der Waals surface area contributed by atoms with E-state index in [0.29, 0.717) is 28.5 Å². The Balaban J connectivity index is 2.73. The van der Waals surface area contributed by atoms with Gasteiger partial charge < -0.3 is 5.73 Å². The van der Waals surface area contributed by atoms with Crippen LogP contribution >= 0.6 is 11.6 Å². The first-order valence-corrected chi connectivity index (χ1v) is 5.69. The Morgan fingerprint density at radius 3 is 2.76 bits per heavy atom. The smallest absolute Gasteiger partial charge is 0.134 e. The molecule has 1 aromatic heterocycles. The molecule has 2 aromatic rings. The molecule has 90 valence electrons. The van der Waals surface area contributed by atoms with Crippen molar-refractivity contribution in [1.29, 1.82) is 0 Å². The van der Waals surface area contributed by atoms with E-state index in [1.165, 1.54) is 10.7 Å². The summed E-state index contributed by atoms with van der Waals surface area (Å²) in [6.07, 6.45) is 0.680. The van der Waals surface area contributed by atoms with Crippen molar-refractivity contribution in [3.05, 3.63) is 34.6 Å². The number of aromatic nitrogens is 2. The van der Waals surface area contributed by atoms with E-state index < -0.39 is 0 Å². The van der Waals surface area contributed by atoms with Crippen molar-refractivity contribution >= 4 is 17.4 Å². The minimum atomic E-state index is -0.384. The van der Waals surface area contributed by atoms with Crippen LogP contribution in [0.2, 0.25) is 5.02 Å². The Morgan fingerprint density at radius 1 is 1.47 bits per heavy atom. The predicted octanol–water partition coefficient (Wildman–Crippen LogP) is 3.02. The number of halogens is 2. The average molecular weight is 254 g/mol. The third-order valence-electron chi connectivity index (χ3n) is 2.75.